The minimum Gasteiger partial charge on any atom is -0.455 e. The van der Waals surface area contributed by atoms with Gasteiger partial charge in [0.15, 0.2) is 0 Å². The molecule has 0 radical (unpaired) electrons. The normalized spacial score (nSPS) is 11.8. The van der Waals surface area contributed by atoms with Crippen LogP contribution in [0.3, 0.4) is 0 Å². The van der Waals surface area contributed by atoms with Gasteiger partial charge in [0.05, 0.1) is 11.4 Å². The summed E-state index contributed by atoms with van der Waals surface area (Å²) in [7, 11) is 0. The van der Waals surface area contributed by atoms with E-state index in [0.29, 0.717) is 0 Å². The molecule has 3 heteroatoms. The Hall–Kier alpha value is -7.10. The van der Waals surface area contributed by atoms with E-state index in [9.17, 15) is 0 Å². The predicted octanol–water partition coefficient (Wildman–Crippen LogP) is 14.6. The van der Waals surface area contributed by atoms with Crippen LogP contribution >= 0.6 is 0 Å². The zero-order chi connectivity index (χ0) is 34.9. The van der Waals surface area contributed by atoms with Gasteiger partial charge in [-0.25, -0.2) is 0 Å². The zero-order valence-corrected chi connectivity index (χ0v) is 28.7. The van der Waals surface area contributed by atoms with Crippen molar-refractivity contribution in [3.8, 4) is 22.3 Å². The monoisotopic (exact) mass is 677 g/mol. The van der Waals surface area contributed by atoms with Crippen LogP contribution in [0, 0.1) is 0 Å². The van der Waals surface area contributed by atoms with Crippen LogP contribution in [0.4, 0.5) is 17.1 Å². The molecule has 0 saturated heterocycles. The highest BCUT2D eigenvalue weighted by molar-refractivity contribution is 6.18. The molecule has 11 rings (SSSR count). The molecule has 2 heterocycles. The molecule has 0 N–H and O–H groups in total. The van der Waals surface area contributed by atoms with Crippen molar-refractivity contribution in [1.82, 2.24) is 0 Å². The molecule has 0 spiro atoms. The Balaban J connectivity index is 1.12. The standard InChI is InChI=1S/C50H31NO2/c1-3-15-36-32(12-1)14-9-24-45(36)51(35-29-26-34(27-30-35)38-19-10-21-42-40-18-6-8-25-47(40)52-48(38)42)46-23-7-5-17-39(46)41-20-11-22-43-44-31-28-33-13-2-4-16-37(33)49(44)53-50(41)43/h1-31H. The van der Waals surface area contributed by atoms with Crippen LogP contribution in [0.1, 0.15) is 0 Å². The number of benzene rings is 9. The summed E-state index contributed by atoms with van der Waals surface area (Å²) in [6.07, 6.45) is 0. The Morgan fingerprint density at radius 1 is 0.302 bits per heavy atom. The van der Waals surface area contributed by atoms with Gasteiger partial charge in [0.25, 0.3) is 0 Å². The van der Waals surface area contributed by atoms with Gasteiger partial charge in [-0.05, 0) is 52.7 Å². The third-order valence-corrected chi connectivity index (χ3v) is 10.7. The lowest BCUT2D eigenvalue weighted by molar-refractivity contribution is 0.670. The van der Waals surface area contributed by atoms with E-state index >= 15 is 0 Å². The molecule has 53 heavy (non-hydrogen) atoms. The SMILES string of the molecule is c1ccc(N(c2ccc(-c3cccc4c3oc3ccccc34)cc2)c2cccc3ccccc23)c(-c2cccc3c2oc2c4ccccc4ccc32)c1. The molecule has 0 amide bonds. The molecular weight excluding hydrogens is 647 g/mol. The van der Waals surface area contributed by atoms with Crippen LogP contribution in [0.2, 0.25) is 0 Å². The number of hydrogen-bond acceptors (Lipinski definition) is 3. The topological polar surface area (TPSA) is 29.5 Å². The van der Waals surface area contributed by atoms with E-state index in [1.165, 1.54) is 16.2 Å². The predicted molar refractivity (Wildman–Crippen MR) is 222 cm³/mol. The lowest BCUT2D eigenvalue weighted by Gasteiger charge is -2.29. The summed E-state index contributed by atoms with van der Waals surface area (Å²) in [5.74, 6) is 0. The van der Waals surface area contributed by atoms with Crippen molar-refractivity contribution >= 4 is 82.5 Å². The number of hydrogen-bond donors (Lipinski definition) is 0. The molecule has 0 aliphatic heterocycles. The van der Waals surface area contributed by atoms with Crippen molar-refractivity contribution in [2.75, 3.05) is 4.90 Å². The Morgan fingerprint density at radius 2 is 0.849 bits per heavy atom. The van der Waals surface area contributed by atoms with Crippen molar-refractivity contribution in [2.45, 2.75) is 0 Å². The maximum Gasteiger partial charge on any atom is 0.143 e. The number of fused-ring (bicyclic) bond motifs is 9. The molecule has 3 nitrogen and oxygen atoms in total. The molecule has 0 bridgehead atoms. The summed E-state index contributed by atoms with van der Waals surface area (Å²) in [5.41, 5.74) is 11.2. The van der Waals surface area contributed by atoms with Crippen molar-refractivity contribution < 1.29 is 8.83 Å². The summed E-state index contributed by atoms with van der Waals surface area (Å²) in [4.78, 5) is 2.39. The molecule has 0 unspecified atom stereocenters. The molecule has 0 aliphatic carbocycles. The quantitative estimate of drug-likeness (QED) is 0.182. The molecule has 0 fully saturated rings. The Labute approximate surface area is 305 Å². The zero-order valence-electron chi connectivity index (χ0n) is 28.7. The summed E-state index contributed by atoms with van der Waals surface area (Å²) < 4.78 is 13.3. The lowest BCUT2D eigenvalue weighted by atomic mass is 9.98. The first-order valence-electron chi connectivity index (χ1n) is 18.0. The first kappa shape index (κ1) is 29.6. The van der Waals surface area contributed by atoms with E-state index in [0.717, 1.165) is 88.6 Å². The minimum absolute atomic E-state index is 0.887. The fraction of sp³-hybridized carbons (Fsp3) is 0. The summed E-state index contributed by atoms with van der Waals surface area (Å²) in [6.45, 7) is 0. The van der Waals surface area contributed by atoms with Gasteiger partial charge < -0.3 is 13.7 Å². The first-order valence-corrected chi connectivity index (χ1v) is 18.0. The van der Waals surface area contributed by atoms with E-state index in [1.807, 2.05) is 12.1 Å². The highest BCUT2D eigenvalue weighted by Crippen LogP contribution is 2.47. The van der Waals surface area contributed by atoms with Crippen molar-refractivity contribution in [3.05, 3.63) is 188 Å². The second-order valence-electron chi connectivity index (χ2n) is 13.6. The average molecular weight is 678 g/mol. The van der Waals surface area contributed by atoms with Crippen molar-refractivity contribution in [2.24, 2.45) is 0 Å². The van der Waals surface area contributed by atoms with Crippen LogP contribution in [0.5, 0.6) is 0 Å². The highest BCUT2D eigenvalue weighted by Gasteiger charge is 2.22. The summed E-state index contributed by atoms with van der Waals surface area (Å²) in [6, 6.07) is 66.7. The summed E-state index contributed by atoms with van der Waals surface area (Å²) >= 11 is 0. The van der Waals surface area contributed by atoms with Gasteiger partial charge in [-0.15, -0.1) is 0 Å². The molecule has 248 valence electrons. The number of para-hydroxylation sites is 4. The third kappa shape index (κ3) is 4.61. The van der Waals surface area contributed by atoms with Crippen molar-refractivity contribution in [3.63, 3.8) is 0 Å². The number of anilines is 3. The number of furan rings is 2. The first-order chi connectivity index (χ1) is 26.3. The van der Waals surface area contributed by atoms with Gasteiger partial charge in [0.2, 0.25) is 0 Å². The van der Waals surface area contributed by atoms with E-state index in [1.54, 1.807) is 0 Å². The molecule has 0 aliphatic rings. The van der Waals surface area contributed by atoms with Crippen LogP contribution in [-0.2, 0) is 0 Å². The highest BCUT2D eigenvalue weighted by atomic mass is 16.3. The van der Waals surface area contributed by atoms with E-state index in [-0.39, 0.29) is 0 Å². The Bertz CT molecular complexity index is 3180. The second kappa shape index (κ2) is 11.7. The third-order valence-electron chi connectivity index (χ3n) is 10.7. The molecule has 11 aromatic rings. The fourth-order valence-corrected chi connectivity index (χ4v) is 8.21. The van der Waals surface area contributed by atoms with Crippen LogP contribution in [-0.4, -0.2) is 0 Å². The van der Waals surface area contributed by atoms with Gasteiger partial charge in [-0.3, -0.25) is 0 Å². The van der Waals surface area contributed by atoms with E-state index in [2.05, 4.69) is 181 Å². The Morgan fingerprint density at radius 3 is 1.70 bits per heavy atom. The minimum atomic E-state index is 0.887. The van der Waals surface area contributed by atoms with Crippen LogP contribution in [0.25, 0.3) is 87.7 Å². The summed E-state index contributed by atoms with van der Waals surface area (Å²) in [5, 5.41) is 9.15. The van der Waals surface area contributed by atoms with Gasteiger partial charge in [-0.1, -0.05) is 152 Å². The number of rotatable bonds is 5. The molecule has 9 aromatic carbocycles. The smallest absolute Gasteiger partial charge is 0.143 e. The van der Waals surface area contributed by atoms with Gasteiger partial charge in [0, 0.05) is 54.7 Å². The van der Waals surface area contributed by atoms with Gasteiger partial charge >= 0.3 is 0 Å². The fourth-order valence-electron chi connectivity index (χ4n) is 8.21. The molecule has 0 saturated carbocycles. The number of nitrogens with zero attached hydrogens (tertiary/aromatic N) is 1. The van der Waals surface area contributed by atoms with Crippen LogP contribution in [0.15, 0.2) is 197 Å². The van der Waals surface area contributed by atoms with E-state index in [4.69, 9.17) is 8.83 Å². The average Bonchev–Trinajstić information content (AvgIpc) is 3.81. The Kier molecular flexibility index (Phi) is 6.55. The van der Waals surface area contributed by atoms with Crippen molar-refractivity contribution in [1.29, 1.82) is 0 Å². The maximum atomic E-state index is 6.86. The molecule has 2 aromatic heterocycles. The lowest BCUT2D eigenvalue weighted by Crippen LogP contribution is -2.11. The molecular formula is C50H31NO2. The second-order valence-corrected chi connectivity index (χ2v) is 13.6. The van der Waals surface area contributed by atoms with Gasteiger partial charge in [-0.2, -0.15) is 0 Å². The largest absolute Gasteiger partial charge is 0.455 e. The van der Waals surface area contributed by atoms with E-state index < -0.39 is 0 Å². The van der Waals surface area contributed by atoms with Crippen LogP contribution < -0.4 is 4.90 Å². The van der Waals surface area contributed by atoms with Gasteiger partial charge in [0.1, 0.15) is 22.3 Å². The maximum absolute atomic E-state index is 6.86. The molecule has 0 atom stereocenters.